The summed E-state index contributed by atoms with van der Waals surface area (Å²) >= 11 is 0. The predicted octanol–water partition coefficient (Wildman–Crippen LogP) is 1.41. The summed E-state index contributed by atoms with van der Waals surface area (Å²) in [5.41, 5.74) is 2.37. The van der Waals surface area contributed by atoms with Gasteiger partial charge in [-0.25, -0.2) is 0 Å². The summed E-state index contributed by atoms with van der Waals surface area (Å²) in [5.74, 6) is 0.924. The predicted molar refractivity (Wildman–Crippen MR) is 80.8 cm³/mol. The van der Waals surface area contributed by atoms with Gasteiger partial charge in [0.2, 0.25) is 0 Å². The molecule has 0 aromatic carbocycles. The van der Waals surface area contributed by atoms with E-state index in [4.69, 9.17) is 4.52 Å². The molecule has 0 amide bonds. The number of piperazine rings is 1. The van der Waals surface area contributed by atoms with E-state index in [9.17, 15) is 0 Å². The lowest BCUT2D eigenvalue weighted by Crippen LogP contribution is -2.57. The van der Waals surface area contributed by atoms with Gasteiger partial charge in [0.25, 0.3) is 0 Å². The van der Waals surface area contributed by atoms with Gasteiger partial charge < -0.3 is 14.7 Å². The lowest BCUT2D eigenvalue weighted by molar-refractivity contribution is 0.0617. The number of likely N-dealkylation sites (N-methyl/N-ethyl adjacent to an activating group) is 1. The van der Waals surface area contributed by atoms with Crippen molar-refractivity contribution in [1.29, 1.82) is 0 Å². The lowest BCUT2D eigenvalue weighted by atomic mass is 10.0. The molecule has 20 heavy (non-hydrogen) atoms. The summed E-state index contributed by atoms with van der Waals surface area (Å²) < 4.78 is 5.20. The third-order valence-corrected chi connectivity index (χ3v) is 4.40. The topological polar surface area (TPSA) is 44.5 Å². The minimum atomic E-state index is 0.181. The molecule has 0 atom stereocenters. The highest BCUT2D eigenvalue weighted by Gasteiger charge is 2.28. The number of aromatic nitrogens is 1. The summed E-state index contributed by atoms with van der Waals surface area (Å²) in [6.45, 7) is 15.0. The summed E-state index contributed by atoms with van der Waals surface area (Å²) in [7, 11) is 2.19. The molecular formula is C15H28N4O. The fourth-order valence-corrected chi connectivity index (χ4v) is 2.77. The van der Waals surface area contributed by atoms with Crippen LogP contribution in [0.4, 0.5) is 0 Å². The van der Waals surface area contributed by atoms with E-state index in [1.165, 1.54) is 5.56 Å². The van der Waals surface area contributed by atoms with Crippen LogP contribution in [0.15, 0.2) is 4.52 Å². The molecule has 0 spiro atoms. The van der Waals surface area contributed by atoms with E-state index in [1.807, 2.05) is 13.8 Å². The minimum Gasteiger partial charge on any atom is -0.361 e. The van der Waals surface area contributed by atoms with Crippen LogP contribution >= 0.6 is 0 Å². The molecule has 114 valence electrons. The number of rotatable bonds is 5. The lowest BCUT2D eigenvalue weighted by Gasteiger charge is -2.43. The Hall–Kier alpha value is -0.910. The summed E-state index contributed by atoms with van der Waals surface area (Å²) in [6.07, 6.45) is 0. The maximum atomic E-state index is 5.20. The summed E-state index contributed by atoms with van der Waals surface area (Å²) in [5, 5.41) is 7.56. The van der Waals surface area contributed by atoms with E-state index in [2.05, 4.69) is 41.2 Å². The Morgan fingerprint density at radius 1 is 1.20 bits per heavy atom. The minimum absolute atomic E-state index is 0.181. The number of nitrogens with one attached hydrogen (secondary N) is 1. The van der Waals surface area contributed by atoms with Gasteiger partial charge >= 0.3 is 0 Å². The van der Waals surface area contributed by atoms with Crippen molar-refractivity contribution in [3.63, 3.8) is 0 Å². The van der Waals surface area contributed by atoms with Crippen molar-refractivity contribution in [2.75, 3.05) is 39.8 Å². The van der Waals surface area contributed by atoms with E-state index in [1.54, 1.807) is 0 Å². The molecule has 5 heteroatoms. The first-order valence-electron chi connectivity index (χ1n) is 7.46. The van der Waals surface area contributed by atoms with Crippen LogP contribution in [0.2, 0.25) is 0 Å². The number of aryl methyl sites for hydroxylation is 2. The molecule has 1 N–H and O–H groups in total. The second-order valence-electron chi connectivity index (χ2n) is 6.51. The Morgan fingerprint density at radius 2 is 1.85 bits per heavy atom. The van der Waals surface area contributed by atoms with Crippen molar-refractivity contribution in [3.8, 4) is 0 Å². The van der Waals surface area contributed by atoms with Crippen LogP contribution in [0, 0.1) is 13.8 Å². The zero-order valence-electron chi connectivity index (χ0n) is 13.5. The normalized spacial score (nSPS) is 18.6. The molecule has 1 aliphatic rings. The molecule has 0 radical (unpaired) electrons. The molecular weight excluding hydrogens is 252 g/mol. The van der Waals surface area contributed by atoms with Crippen molar-refractivity contribution in [2.45, 2.75) is 39.8 Å². The van der Waals surface area contributed by atoms with E-state index in [0.29, 0.717) is 0 Å². The molecule has 5 nitrogen and oxygen atoms in total. The smallest absolute Gasteiger partial charge is 0.138 e. The highest BCUT2D eigenvalue weighted by Crippen LogP contribution is 2.17. The van der Waals surface area contributed by atoms with E-state index < -0.39 is 0 Å². The van der Waals surface area contributed by atoms with Crippen molar-refractivity contribution in [2.24, 2.45) is 0 Å². The fraction of sp³-hybridized carbons (Fsp3) is 0.800. The van der Waals surface area contributed by atoms with Gasteiger partial charge in [-0.05, 0) is 34.7 Å². The third kappa shape index (κ3) is 3.59. The van der Waals surface area contributed by atoms with Crippen LogP contribution in [0.25, 0.3) is 0 Å². The summed E-state index contributed by atoms with van der Waals surface area (Å²) in [4.78, 5) is 4.97. The fourth-order valence-electron chi connectivity index (χ4n) is 2.77. The Balaban J connectivity index is 1.83. The zero-order chi connectivity index (χ0) is 14.8. The van der Waals surface area contributed by atoms with Gasteiger partial charge in [-0.15, -0.1) is 0 Å². The Labute approximate surface area is 122 Å². The summed E-state index contributed by atoms with van der Waals surface area (Å²) in [6, 6.07) is 0. The van der Waals surface area contributed by atoms with Gasteiger partial charge in [0.05, 0.1) is 5.69 Å². The SMILES string of the molecule is Cc1noc(C)c1CNCC(C)(C)N1CCN(C)CC1. The first-order chi connectivity index (χ1) is 9.40. The molecule has 1 aromatic heterocycles. The number of hydrogen-bond acceptors (Lipinski definition) is 5. The monoisotopic (exact) mass is 280 g/mol. The Bertz CT molecular complexity index is 414. The van der Waals surface area contributed by atoms with Crippen LogP contribution in [-0.2, 0) is 6.54 Å². The molecule has 0 saturated carbocycles. The van der Waals surface area contributed by atoms with E-state index in [-0.39, 0.29) is 5.54 Å². The van der Waals surface area contributed by atoms with Crippen molar-refractivity contribution in [3.05, 3.63) is 17.0 Å². The first kappa shape index (κ1) is 15.5. The van der Waals surface area contributed by atoms with Gasteiger partial charge in [0.1, 0.15) is 5.76 Å². The first-order valence-corrected chi connectivity index (χ1v) is 7.46. The quantitative estimate of drug-likeness (QED) is 0.883. The van der Waals surface area contributed by atoms with Gasteiger partial charge in [-0.1, -0.05) is 5.16 Å². The molecule has 0 bridgehead atoms. The standard InChI is InChI=1S/C15H28N4O/c1-12-14(13(2)20-17-12)10-16-11-15(3,4)19-8-6-18(5)7-9-19/h16H,6-11H2,1-5H3. The molecule has 1 saturated heterocycles. The molecule has 2 rings (SSSR count). The van der Waals surface area contributed by atoms with Gasteiger partial charge in [0.15, 0.2) is 0 Å². The maximum Gasteiger partial charge on any atom is 0.138 e. The number of nitrogens with zero attached hydrogens (tertiary/aromatic N) is 3. The highest BCUT2D eigenvalue weighted by atomic mass is 16.5. The van der Waals surface area contributed by atoms with Crippen LogP contribution in [-0.4, -0.2) is 60.3 Å². The van der Waals surface area contributed by atoms with Crippen LogP contribution in [0.5, 0.6) is 0 Å². The van der Waals surface area contributed by atoms with Gasteiger partial charge in [-0.3, -0.25) is 4.90 Å². The third-order valence-electron chi connectivity index (χ3n) is 4.40. The van der Waals surface area contributed by atoms with Crippen LogP contribution in [0.1, 0.15) is 30.9 Å². The Kier molecular flexibility index (Phi) is 4.83. The van der Waals surface area contributed by atoms with Crippen molar-refractivity contribution in [1.82, 2.24) is 20.3 Å². The zero-order valence-corrected chi connectivity index (χ0v) is 13.5. The molecule has 0 aliphatic carbocycles. The second kappa shape index (κ2) is 6.24. The molecule has 1 aromatic rings. The molecule has 0 unspecified atom stereocenters. The van der Waals surface area contributed by atoms with Crippen LogP contribution in [0.3, 0.4) is 0 Å². The van der Waals surface area contributed by atoms with Gasteiger partial charge in [-0.2, -0.15) is 0 Å². The van der Waals surface area contributed by atoms with Gasteiger partial charge in [0, 0.05) is 50.4 Å². The molecule has 1 aliphatic heterocycles. The molecule has 1 fully saturated rings. The molecule has 2 heterocycles. The second-order valence-corrected chi connectivity index (χ2v) is 6.51. The average molecular weight is 280 g/mol. The Morgan fingerprint density at radius 3 is 2.40 bits per heavy atom. The van der Waals surface area contributed by atoms with Crippen molar-refractivity contribution >= 4 is 0 Å². The van der Waals surface area contributed by atoms with E-state index in [0.717, 1.165) is 50.7 Å². The number of hydrogen-bond donors (Lipinski definition) is 1. The van der Waals surface area contributed by atoms with E-state index >= 15 is 0 Å². The average Bonchev–Trinajstić information content (AvgIpc) is 2.71. The van der Waals surface area contributed by atoms with Crippen molar-refractivity contribution < 1.29 is 4.52 Å². The van der Waals surface area contributed by atoms with Crippen LogP contribution < -0.4 is 5.32 Å². The maximum absolute atomic E-state index is 5.20. The largest absolute Gasteiger partial charge is 0.361 e. The highest BCUT2D eigenvalue weighted by molar-refractivity contribution is 5.20.